The molecule has 2 aromatic heterocycles. The van der Waals surface area contributed by atoms with Gasteiger partial charge in [-0.2, -0.15) is 0 Å². The van der Waals surface area contributed by atoms with E-state index in [1.807, 2.05) is 11.8 Å². The van der Waals surface area contributed by atoms with Gasteiger partial charge in [-0.1, -0.05) is 0 Å². The number of ether oxygens (including phenoxy) is 1. The average molecular weight is 424 g/mol. The lowest BCUT2D eigenvalue weighted by atomic mass is 10.1. The molecule has 3 rings (SSSR count). The Morgan fingerprint density at radius 2 is 2.04 bits per heavy atom. The van der Waals surface area contributed by atoms with Crippen LogP contribution in [0.3, 0.4) is 0 Å². The predicted molar refractivity (Wildman–Crippen MR) is 112 cm³/mol. The van der Waals surface area contributed by atoms with Gasteiger partial charge in [0, 0.05) is 13.1 Å². The lowest BCUT2D eigenvalue weighted by molar-refractivity contribution is -0.129. The largest absolute Gasteiger partial charge is 0.462 e. The Kier molecular flexibility index (Phi) is 6.77. The second-order valence-electron chi connectivity index (χ2n) is 6.80. The molecule has 7 nitrogen and oxygen atoms in total. The minimum Gasteiger partial charge on any atom is -0.462 e. The Morgan fingerprint density at radius 3 is 2.71 bits per heavy atom. The maximum atomic E-state index is 12.6. The van der Waals surface area contributed by atoms with Crippen molar-refractivity contribution in [2.24, 2.45) is 0 Å². The Balaban J connectivity index is 1.76. The van der Waals surface area contributed by atoms with Crippen molar-refractivity contribution in [3.05, 3.63) is 26.6 Å². The van der Waals surface area contributed by atoms with E-state index in [0.717, 1.165) is 25.9 Å². The minimum atomic E-state index is -0.432. The van der Waals surface area contributed by atoms with Gasteiger partial charge in [0.1, 0.15) is 15.5 Å². The normalized spacial score (nSPS) is 15.6. The number of aryl methyl sites for hydroxylation is 1. The maximum Gasteiger partial charge on any atom is 0.348 e. The molecule has 1 amide bonds. The highest BCUT2D eigenvalue weighted by atomic mass is 32.2. The molecule has 1 atom stereocenters. The van der Waals surface area contributed by atoms with Gasteiger partial charge < -0.3 is 14.6 Å². The van der Waals surface area contributed by atoms with Gasteiger partial charge in [-0.15, -0.1) is 23.1 Å². The summed E-state index contributed by atoms with van der Waals surface area (Å²) >= 11 is 2.64. The van der Waals surface area contributed by atoms with Crippen LogP contribution in [0.1, 0.15) is 59.4 Å². The summed E-state index contributed by atoms with van der Waals surface area (Å²) in [4.78, 5) is 47.3. The summed E-state index contributed by atoms with van der Waals surface area (Å²) in [6.07, 6.45) is 3.32. The van der Waals surface area contributed by atoms with Crippen molar-refractivity contribution in [1.82, 2.24) is 14.9 Å². The number of aromatic amines is 1. The van der Waals surface area contributed by atoms with Gasteiger partial charge in [0.25, 0.3) is 5.56 Å². The first-order valence-electron chi connectivity index (χ1n) is 9.52. The highest BCUT2D eigenvalue weighted by Crippen LogP contribution is 2.31. The number of carbonyl (C=O) groups excluding carboxylic acids is 2. The molecule has 1 N–H and O–H groups in total. The molecule has 0 aliphatic carbocycles. The zero-order valence-electron chi connectivity index (χ0n) is 16.4. The van der Waals surface area contributed by atoms with Crippen molar-refractivity contribution >= 4 is 45.2 Å². The van der Waals surface area contributed by atoms with E-state index in [-0.39, 0.29) is 23.3 Å². The monoisotopic (exact) mass is 423 g/mol. The average Bonchev–Trinajstić information content (AvgIpc) is 3.03. The fraction of sp³-hybridized carbons (Fsp3) is 0.579. The second-order valence-corrected chi connectivity index (χ2v) is 9.13. The van der Waals surface area contributed by atoms with Gasteiger partial charge >= 0.3 is 5.97 Å². The van der Waals surface area contributed by atoms with E-state index < -0.39 is 5.97 Å². The number of fused-ring (bicyclic) bond motifs is 1. The Morgan fingerprint density at radius 1 is 1.32 bits per heavy atom. The van der Waals surface area contributed by atoms with Crippen LogP contribution in [0, 0.1) is 6.92 Å². The molecule has 0 aromatic carbocycles. The fourth-order valence-electron chi connectivity index (χ4n) is 3.25. The van der Waals surface area contributed by atoms with Crippen molar-refractivity contribution in [2.45, 2.75) is 45.3 Å². The number of thiophene rings is 1. The topological polar surface area (TPSA) is 92.4 Å². The summed E-state index contributed by atoms with van der Waals surface area (Å²) in [7, 11) is 0. The molecule has 2 aromatic rings. The number of amides is 1. The highest BCUT2D eigenvalue weighted by molar-refractivity contribution is 8.00. The van der Waals surface area contributed by atoms with Gasteiger partial charge in [-0.05, 0) is 45.6 Å². The molecule has 0 saturated carbocycles. The number of H-pyrrole nitrogens is 1. The zero-order valence-corrected chi connectivity index (χ0v) is 18.0. The standard InChI is InChI=1S/C19H25N3O4S2/c1-4-26-19(25)15-11(2)14-17(24)20-16(21-18(14)28-15)12(3)27-10-13(23)22-8-6-5-7-9-22/h12H,4-10H2,1-3H3,(H,20,21,24)/t12-/m0/s1. The molecule has 0 unspecified atom stereocenters. The summed E-state index contributed by atoms with van der Waals surface area (Å²) in [5.74, 6) is 0.584. The predicted octanol–water partition coefficient (Wildman–Crippen LogP) is 3.28. The number of aromatic nitrogens is 2. The van der Waals surface area contributed by atoms with E-state index in [1.165, 1.54) is 29.5 Å². The lowest BCUT2D eigenvalue weighted by Crippen LogP contribution is -2.36. The highest BCUT2D eigenvalue weighted by Gasteiger charge is 2.22. The third-order valence-corrected chi connectivity index (χ3v) is 7.13. The number of thioether (sulfide) groups is 1. The van der Waals surface area contributed by atoms with Crippen molar-refractivity contribution in [1.29, 1.82) is 0 Å². The Hall–Kier alpha value is -1.87. The number of nitrogens with one attached hydrogen (secondary N) is 1. The molecule has 152 valence electrons. The second kappa shape index (κ2) is 9.09. The number of rotatable bonds is 6. The lowest BCUT2D eigenvalue weighted by Gasteiger charge is -2.26. The van der Waals surface area contributed by atoms with Gasteiger partial charge in [0.05, 0.1) is 23.0 Å². The molecule has 0 spiro atoms. The molecule has 1 aliphatic rings. The molecular weight excluding hydrogens is 398 g/mol. The van der Waals surface area contributed by atoms with E-state index in [9.17, 15) is 14.4 Å². The summed E-state index contributed by atoms with van der Waals surface area (Å²) in [6.45, 7) is 7.34. The van der Waals surface area contributed by atoms with Crippen LogP contribution in [0.2, 0.25) is 0 Å². The van der Waals surface area contributed by atoms with E-state index in [2.05, 4.69) is 9.97 Å². The Labute approximate surface area is 171 Å². The van der Waals surface area contributed by atoms with Crippen LogP contribution in [0.5, 0.6) is 0 Å². The van der Waals surface area contributed by atoms with Crippen LogP contribution in [-0.2, 0) is 9.53 Å². The first-order valence-corrected chi connectivity index (χ1v) is 11.4. The first kappa shape index (κ1) is 20.9. The Bertz CT molecular complexity index is 931. The van der Waals surface area contributed by atoms with Gasteiger partial charge in [-0.25, -0.2) is 9.78 Å². The van der Waals surface area contributed by atoms with Gasteiger partial charge in [0.2, 0.25) is 5.91 Å². The zero-order chi connectivity index (χ0) is 20.3. The van der Waals surface area contributed by atoms with Crippen molar-refractivity contribution in [3.63, 3.8) is 0 Å². The van der Waals surface area contributed by atoms with Crippen LogP contribution in [0.4, 0.5) is 0 Å². The van der Waals surface area contributed by atoms with Gasteiger partial charge in [-0.3, -0.25) is 9.59 Å². The van der Waals surface area contributed by atoms with E-state index in [1.54, 1.807) is 13.8 Å². The van der Waals surface area contributed by atoms with Crippen molar-refractivity contribution < 1.29 is 14.3 Å². The van der Waals surface area contributed by atoms with Crippen molar-refractivity contribution in [2.75, 3.05) is 25.4 Å². The summed E-state index contributed by atoms with van der Waals surface area (Å²) < 4.78 is 5.06. The molecule has 3 heterocycles. The molecule has 28 heavy (non-hydrogen) atoms. The van der Waals surface area contributed by atoms with Crippen LogP contribution in [0.25, 0.3) is 10.2 Å². The van der Waals surface area contributed by atoms with Crippen LogP contribution in [0.15, 0.2) is 4.79 Å². The van der Waals surface area contributed by atoms with Crippen molar-refractivity contribution in [3.8, 4) is 0 Å². The summed E-state index contributed by atoms with van der Waals surface area (Å²) in [6, 6.07) is 0. The SMILES string of the molecule is CCOC(=O)c1sc2nc([C@H](C)SCC(=O)N3CCCCC3)[nH]c(=O)c2c1C. The number of likely N-dealkylation sites (tertiary alicyclic amines) is 1. The minimum absolute atomic E-state index is 0.136. The number of piperidine rings is 1. The fourth-order valence-corrected chi connectivity index (χ4v) is 5.18. The summed E-state index contributed by atoms with van der Waals surface area (Å²) in [5, 5.41) is 0.290. The molecular formula is C19H25N3O4S2. The maximum absolute atomic E-state index is 12.6. The number of hydrogen-bond acceptors (Lipinski definition) is 7. The van der Waals surface area contributed by atoms with Crippen LogP contribution >= 0.6 is 23.1 Å². The molecule has 0 radical (unpaired) electrons. The summed E-state index contributed by atoms with van der Waals surface area (Å²) in [5.41, 5.74) is 0.332. The quantitative estimate of drug-likeness (QED) is 0.717. The molecule has 1 saturated heterocycles. The number of esters is 1. The molecule has 1 fully saturated rings. The molecule has 1 aliphatic heterocycles. The van der Waals surface area contributed by atoms with Gasteiger partial charge in [0.15, 0.2) is 0 Å². The first-order chi connectivity index (χ1) is 13.4. The molecule has 9 heteroatoms. The number of carbonyl (C=O) groups is 2. The number of hydrogen-bond donors (Lipinski definition) is 1. The third kappa shape index (κ3) is 4.41. The smallest absolute Gasteiger partial charge is 0.348 e. The van der Waals surface area contributed by atoms with Crippen LogP contribution < -0.4 is 5.56 Å². The van der Waals surface area contributed by atoms with E-state index in [0.29, 0.717) is 32.2 Å². The third-order valence-electron chi connectivity index (χ3n) is 4.83. The van der Waals surface area contributed by atoms with Crippen LogP contribution in [-0.4, -0.2) is 52.2 Å². The van der Waals surface area contributed by atoms with E-state index >= 15 is 0 Å². The van der Waals surface area contributed by atoms with E-state index in [4.69, 9.17) is 4.74 Å². The molecule has 0 bridgehead atoms. The number of nitrogens with zero attached hydrogens (tertiary/aromatic N) is 2.